The number of nitrogens with zero attached hydrogens (tertiary/aromatic N) is 1. The summed E-state index contributed by atoms with van der Waals surface area (Å²) < 4.78 is 25.2. The van der Waals surface area contributed by atoms with Crippen molar-refractivity contribution in [2.45, 2.75) is 0 Å². The highest BCUT2D eigenvalue weighted by atomic mass is 79.9. The van der Waals surface area contributed by atoms with Crippen molar-refractivity contribution in [3.63, 3.8) is 0 Å². The molecule has 1 aromatic carbocycles. The molecule has 1 rings (SSSR count). The van der Waals surface area contributed by atoms with E-state index in [1.54, 1.807) is 30.3 Å². The van der Waals surface area contributed by atoms with Gasteiger partial charge in [0.1, 0.15) is 0 Å². The number of hydrogen-bond acceptors (Lipinski definition) is 2. The Bertz CT molecular complexity index is 439. The van der Waals surface area contributed by atoms with Gasteiger partial charge in [0.2, 0.25) is 10.0 Å². The maximum absolute atomic E-state index is 11.5. The van der Waals surface area contributed by atoms with E-state index >= 15 is 0 Å². The van der Waals surface area contributed by atoms with Crippen LogP contribution >= 0.6 is 15.9 Å². The van der Waals surface area contributed by atoms with Gasteiger partial charge in [-0.1, -0.05) is 22.0 Å². The predicted octanol–water partition coefficient (Wildman–Crippen LogP) is 2.40. The van der Waals surface area contributed by atoms with E-state index < -0.39 is 10.0 Å². The lowest BCUT2D eigenvalue weighted by Gasteiger charge is -2.20. The number of rotatable bonds is 4. The van der Waals surface area contributed by atoms with Crippen LogP contribution in [0.4, 0.5) is 5.69 Å². The Kier molecular flexibility index (Phi) is 3.93. The van der Waals surface area contributed by atoms with Gasteiger partial charge < -0.3 is 0 Å². The van der Waals surface area contributed by atoms with E-state index in [4.69, 9.17) is 0 Å². The van der Waals surface area contributed by atoms with E-state index in [-0.39, 0.29) is 6.54 Å². The molecule has 0 radical (unpaired) electrons. The van der Waals surface area contributed by atoms with Crippen LogP contribution < -0.4 is 4.31 Å². The van der Waals surface area contributed by atoms with Crippen LogP contribution in [0.25, 0.3) is 0 Å². The molecule has 0 saturated carbocycles. The monoisotopic (exact) mass is 289 g/mol. The Morgan fingerprint density at radius 2 is 1.93 bits per heavy atom. The summed E-state index contributed by atoms with van der Waals surface area (Å²) in [6.45, 7) is 3.82. The van der Waals surface area contributed by atoms with Gasteiger partial charge in [0.05, 0.1) is 18.5 Å². The molecule has 0 aromatic heterocycles. The molecular formula is C10H12BrNO2S. The molecule has 0 aliphatic rings. The normalized spacial score (nSPS) is 11.1. The van der Waals surface area contributed by atoms with Gasteiger partial charge in [0.15, 0.2) is 0 Å². The summed E-state index contributed by atoms with van der Waals surface area (Å²) in [5.74, 6) is 0. The lowest BCUT2D eigenvalue weighted by Crippen LogP contribution is -2.29. The minimum absolute atomic E-state index is 0.278. The summed E-state index contributed by atoms with van der Waals surface area (Å²) in [4.78, 5) is 0. The van der Waals surface area contributed by atoms with Crippen LogP contribution in [0.5, 0.6) is 0 Å². The summed E-state index contributed by atoms with van der Waals surface area (Å²) >= 11 is 3.30. The van der Waals surface area contributed by atoms with Crippen molar-refractivity contribution in [3.05, 3.63) is 41.4 Å². The first-order valence-electron chi connectivity index (χ1n) is 4.29. The topological polar surface area (TPSA) is 37.4 Å². The fourth-order valence-corrected chi connectivity index (χ4v) is 2.30. The van der Waals surface area contributed by atoms with Crippen LogP contribution in [0.3, 0.4) is 0 Å². The molecule has 0 bridgehead atoms. The van der Waals surface area contributed by atoms with Gasteiger partial charge in [0, 0.05) is 4.47 Å². The summed E-state index contributed by atoms with van der Waals surface area (Å²) in [6.07, 6.45) is 2.74. The Hall–Kier alpha value is -0.810. The van der Waals surface area contributed by atoms with Gasteiger partial charge in [-0.25, -0.2) is 8.42 Å². The molecule has 0 aliphatic carbocycles. The Balaban J connectivity index is 3.10. The number of halogens is 1. The fraction of sp³-hybridized carbons (Fsp3) is 0.200. The Morgan fingerprint density at radius 1 is 1.40 bits per heavy atom. The van der Waals surface area contributed by atoms with E-state index in [0.29, 0.717) is 5.69 Å². The average molecular weight is 290 g/mol. The van der Waals surface area contributed by atoms with Crippen LogP contribution in [-0.2, 0) is 10.0 Å². The molecule has 0 spiro atoms. The highest BCUT2D eigenvalue weighted by Gasteiger charge is 2.14. The average Bonchev–Trinajstić information content (AvgIpc) is 2.14. The lowest BCUT2D eigenvalue weighted by molar-refractivity contribution is 0.598. The zero-order valence-electron chi connectivity index (χ0n) is 8.35. The van der Waals surface area contributed by atoms with Crippen molar-refractivity contribution in [3.8, 4) is 0 Å². The Morgan fingerprint density at radius 3 is 2.33 bits per heavy atom. The van der Waals surface area contributed by atoms with Crippen molar-refractivity contribution in [1.29, 1.82) is 0 Å². The molecule has 0 N–H and O–H groups in total. The second-order valence-corrected chi connectivity index (χ2v) is 5.88. The maximum Gasteiger partial charge on any atom is 0.232 e. The smallest absolute Gasteiger partial charge is 0.232 e. The van der Waals surface area contributed by atoms with Crippen LogP contribution in [0.1, 0.15) is 0 Å². The van der Waals surface area contributed by atoms with Gasteiger partial charge in [-0.15, -0.1) is 6.58 Å². The van der Waals surface area contributed by atoms with E-state index in [2.05, 4.69) is 22.5 Å². The van der Waals surface area contributed by atoms with Crippen LogP contribution in [0.15, 0.2) is 41.4 Å². The van der Waals surface area contributed by atoms with Crippen LogP contribution in [0, 0.1) is 0 Å². The third kappa shape index (κ3) is 3.35. The minimum atomic E-state index is -3.25. The first-order valence-corrected chi connectivity index (χ1v) is 6.93. The maximum atomic E-state index is 11.5. The van der Waals surface area contributed by atoms with Gasteiger partial charge in [-0.3, -0.25) is 4.31 Å². The third-order valence-electron chi connectivity index (χ3n) is 1.81. The van der Waals surface area contributed by atoms with Gasteiger partial charge >= 0.3 is 0 Å². The summed E-state index contributed by atoms with van der Waals surface area (Å²) in [6, 6.07) is 7.09. The molecule has 0 unspecified atom stereocenters. The van der Waals surface area contributed by atoms with E-state index in [1.807, 2.05) is 0 Å². The molecule has 82 valence electrons. The highest BCUT2D eigenvalue weighted by Crippen LogP contribution is 2.20. The second kappa shape index (κ2) is 4.81. The van der Waals surface area contributed by atoms with Crippen LogP contribution in [0.2, 0.25) is 0 Å². The molecule has 3 nitrogen and oxygen atoms in total. The zero-order valence-corrected chi connectivity index (χ0v) is 10.8. The van der Waals surface area contributed by atoms with E-state index in [9.17, 15) is 8.42 Å². The molecule has 0 atom stereocenters. The highest BCUT2D eigenvalue weighted by molar-refractivity contribution is 9.10. The predicted molar refractivity (Wildman–Crippen MR) is 66.5 cm³/mol. The first kappa shape index (κ1) is 12.3. The molecule has 0 heterocycles. The second-order valence-electron chi connectivity index (χ2n) is 3.06. The zero-order chi connectivity index (χ0) is 11.5. The minimum Gasteiger partial charge on any atom is -0.267 e. The Labute approximate surface area is 98.6 Å². The molecule has 0 aliphatic heterocycles. The van der Waals surface area contributed by atoms with Crippen LogP contribution in [-0.4, -0.2) is 21.2 Å². The van der Waals surface area contributed by atoms with Gasteiger partial charge in [-0.05, 0) is 24.3 Å². The SMILES string of the molecule is C=CCN(c1ccc(Br)cc1)S(C)(=O)=O. The number of benzene rings is 1. The first-order chi connectivity index (χ1) is 6.95. The van der Waals surface area contributed by atoms with E-state index in [0.717, 1.165) is 4.47 Å². The molecule has 15 heavy (non-hydrogen) atoms. The van der Waals surface area contributed by atoms with E-state index in [1.165, 1.54) is 10.6 Å². The number of sulfonamides is 1. The summed E-state index contributed by atoms with van der Waals surface area (Å²) in [5, 5.41) is 0. The molecule has 0 amide bonds. The quantitative estimate of drug-likeness (QED) is 0.799. The third-order valence-corrected chi connectivity index (χ3v) is 3.50. The molecule has 0 fully saturated rings. The molecular weight excluding hydrogens is 278 g/mol. The van der Waals surface area contributed by atoms with Crippen molar-refractivity contribution in [2.75, 3.05) is 17.1 Å². The summed E-state index contributed by atoms with van der Waals surface area (Å²) in [5.41, 5.74) is 0.639. The fourth-order valence-electron chi connectivity index (χ4n) is 1.16. The molecule has 1 aromatic rings. The molecule has 5 heteroatoms. The standard InChI is InChI=1S/C10H12BrNO2S/c1-3-8-12(15(2,13)14)10-6-4-9(11)5-7-10/h3-7H,1,8H2,2H3. The number of anilines is 1. The van der Waals surface area contributed by atoms with Crippen molar-refractivity contribution >= 4 is 31.6 Å². The summed E-state index contributed by atoms with van der Waals surface area (Å²) in [7, 11) is -3.25. The van der Waals surface area contributed by atoms with Gasteiger partial charge in [0.25, 0.3) is 0 Å². The van der Waals surface area contributed by atoms with Crippen molar-refractivity contribution in [1.82, 2.24) is 0 Å². The van der Waals surface area contributed by atoms with Gasteiger partial charge in [-0.2, -0.15) is 0 Å². The lowest BCUT2D eigenvalue weighted by atomic mass is 10.3. The number of hydrogen-bond donors (Lipinski definition) is 0. The largest absolute Gasteiger partial charge is 0.267 e. The van der Waals surface area contributed by atoms with Crippen molar-refractivity contribution < 1.29 is 8.42 Å². The molecule has 0 saturated heterocycles. The van der Waals surface area contributed by atoms with Crippen molar-refractivity contribution in [2.24, 2.45) is 0 Å².